The lowest BCUT2D eigenvalue weighted by molar-refractivity contribution is -0.132. The number of amides is 3. The molecule has 0 radical (unpaired) electrons. The number of hydrogen-bond acceptors (Lipinski definition) is 2. The first-order valence-electron chi connectivity index (χ1n) is 10.1. The summed E-state index contributed by atoms with van der Waals surface area (Å²) in [6.07, 6.45) is 2.21. The fraction of sp³-hybridized carbons (Fsp3) is 0.391. The third kappa shape index (κ3) is 4.91. The molecule has 28 heavy (non-hydrogen) atoms. The van der Waals surface area contributed by atoms with Crippen LogP contribution in [0.25, 0.3) is 0 Å². The molecule has 3 amide bonds. The summed E-state index contributed by atoms with van der Waals surface area (Å²) in [7, 11) is 0. The third-order valence-electron chi connectivity index (χ3n) is 5.36. The lowest BCUT2D eigenvalue weighted by Gasteiger charge is -2.30. The van der Waals surface area contributed by atoms with E-state index >= 15 is 0 Å². The van der Waals surface area contributed by atoms with Crippen LogP contribution in [0.4, 0.5) is 10.5 Å². The number of carbonyl (C=O) groups excluding carboxylic acids is 2. The summed E-state index contributed by atoms with van der Waals surface area (Å²) in [5.41, 5.74) is 4.57. The molecule has 0 atom stereocenters. The van der Waals surface area contributed by atoms with Gasteiger partial charge in [-0.25, -0.2) is 4.79 Å². The summed E-state index contributed by atoms with van der Waals surface area (Å²) in [6.45, 7) is 6.43. The first-order valence-corrected chi connectivity index (χ1v) is 10.1. The molecular weight excluding hydrogens is 350 g/mol. The van der Waals surface area contributed by atoms with E-state index < -0.39 is 0 Å². The van der Waals surface area contributed by atoms with E-state index in [-0.39, 0.29) is 11.9 Å². The van der Waals surface area contributed by atoms with Gasteiger partial charge in [0, 0.05) is 38.3 Å². The second-order valence-electron chi connectivity index (χ2n) is 7.14. The Labute approximate surface area is 167 Å². The fourth-order valence-corrected chi connectivity index (χ4v) is 3.53. The minimum Gasteiger partial charge on any atom is -0.338 e. The van der Waals surface area contributed by atoms with Gasteiger partial charge in [-0.05, 0) is 48.6 Å². The molecule has 0 aromatic heterocycles. The van der Waals surface area contributed by atoms with Crippen LogP contribution in [0.5, 0.6) is 0 Å². The van der Waals surface area contributed by atoms with Crippen LogP contribution in [0.3, 0.4) is 0 Å². The van der Waals surface area contributed by atoms with Crippen molar-refractivity contribution in [2.24, 2.45) is 0 Å². The highest BCUT2D eigenvalue weighted by Gasteiger charge is 2.21. The van der Waals surface area contributed by atoms with E-state index in [1.807, 2.05) is 48.2 Å². The van der Waals surface area contributed by atoms with Gasteiger partial charge in [0.25, 0.3) is 0 Å². The Kier molecular flexibility index (Phi) is 6.69. The molecule has 0 fully saturated rings. The van der Waals surface area contributed by atoms with Gasteiger partial charge in [0.1, 0.15) is 0 Å². The van der Waals surface area contributed by atoms with Gasteiger partial charge in [0.05, 0.1) is 0 Å². The average Bonchev–Trinajstić information content (AvgIpc) is 2.74. The van der Waals surface area contributed by atoms with Crippen molar-refractivity contribution in [1.82, 2.24) is 9.80 Å². The molecule has 0 aliphatic carbocycles. The number of nitrogens with zero attached hydrogens (tertiary/aromatic N) is 2. The predicted octanol–water partition coefficient (Wildman–Crippen LogP) is 4.08. The van der Waals surface area contributed by atoms with E-state index in [1.165, 1.54) is 16.7 Å². The predicted molar refractivity (Wildman–Crippen MR) is 112 cm³/mol. The summed E-state index contributed by atoms with van der Waals surface area (Å²) >= 11 is 0. The second kappa shape index (κ2) is 9.40. The Bertz CT molecular complexity index is 817. The van der Waals surface area contributed by atoms with Crippen molar-refractivity contribution >= 4 is 17.6 Å². The number of nitrogens with one attached hydrogen (secondary N) is 1. The molecule has 0 spiro atoms. The first kappa shape index (κ1) is 19.9. The number of carbonyl (C=O) groups is 2. The molecule has 0 saturated heterocycles. The Balaban J connectivity index is 1.51. The van der Waals surface area contributed by atoms with Crippen LogP contribution in [0.2, 0.25) is 0 Å². The van der Waals surface area contributed by atoms with Crippen molar-refractivity contribution in [1.29, 1.82) is 0 Å². The molecule has 3 rings (SSSR count). The van der Waals surface area contributed by atoms with Crippen molar-refractivity contribution < 1.29 is 9.59 Å². The number of rotatable bonds is 6. The SMILES string of the molecule is CCc1ccc(NC(=O)N(CC)CCC(=O)N2CCc3ccccc3C2)cc1. The smallest absolute Gasteiger partial charge is 0.321 e. The molecule has 1 aliphatic rings. The average molecular weight is 380 g/mol. The van der Waals surface area contributed by atoms with E-state index in [9.17, 15) is 9.59 Å². The minimum absolute atomic E-state index is 0.105. The van der Waals surface area contributed by atoms with Gasteiger partial charge in [-0.1, -0.05) is 43.3 Å². The van der Waals surface area contributed by atoms with E-state index in [1.54, 1.807) is 4.90 Å². The molecule has 2 aromatic rings. The van der Waals surface area contributed by atoms with Crippen LogP contribution in [-0.4, -0.2) is 41.4 Å². The van der Waals surface area contributed by atoms with Crippen LogP contribution in [0.1, 0.15) is 37.0 Å². The molecule has 1 aliphatic heterocycles. The molecule has 148 valence electrons. The monoisotopic (exact) mass is 379 g/mol. The Morgan fingerprint density at radius 2 is 1.75 bits per heavy atom. The highest BCUT2D eigenvalue weighted by molar-refractivity contribution is 5.89. The first-order chi connectivity index (χ1) is 13.6. The van der Waals surface area contributed by atoms with Crippen molar-refractivity contribution in [3.05, 3.63) is 65.2 Å². The maximum absolute atomic E-state index is 12.6. The molecule has 1 heterocycles. The maximum Gasteiger partial charge on any atom is 0.321 e. The number of urea groups is 1. The summed E-state index contributed by atoms with van der Waals surface area (Å²) < 4.78 is 0. The fourth-order valence-electron chi connectivity index (χ4n) is 3.53. The van der Waals surface area contributed by atoms with Crippen molar-refractivity contribution in [2.45, 2.75) is 39.7 Å². The van der Waals surface area contributed by atoms with Gasteiger partial charge in [-0.15, -0.1) is 0 Å². The maximum atomic E-state index is 12.6. The largest absolute Gasteiger partial charge is 0.338 e. The van der Waals surface area contributed by atoms with Gasteiger partial charge in [0.2, 0.25) is 5.91 Å². The lowest BCUT2D eigenvalue weighted by atomic mass is 10.00. The van der Waals surface area contributed by atoms with Crippen LogP contribution >= 0.6 is 0 Å². The zero-order valence-electron chi connectivity index (χ0n) is 16.8. The van der Waals surface area contributed by atoms with Crippen LogP contribution in [-0.2, 0) is 24.2 Å². The molecule has 2 aromatic carbocycles. The minimum atomic E-state index is -0.163. The zero-order chi connectivity index (χ0) is 19.9. The van der Waals surface area contributed by atoms with Gasteiger partial charge in [0.15, 0.2) is 0 Å². The Hall–Kier alpha value is -2.82. The number of anilines is 1. The molecular formula is C23H29N3O2. The van der Waals surface area contributed by atoms with Crippen molar-refractivity contribution in [3.63, 3.8) is 0 Å². The molecule has 5 heteroatoms. The highest BCUT2D eigenvalue weighted by atomic mass is 16.2. The molecule has 0 bridgehead atoms. The topological polar surface area (TPSA) is 52.7 Å². The van der Waals surface area contributed by atoms with E-state index in [0.29, 0.717) is 26.1 Å². The van der Waals surface area contributed by atoms with Gasteiger partial charge < -0.3 is 15.1 Å². The molecule has 0 saturated carbocycles. The van der Waals surface area contributed by atoms with Crippen LogP contribution in [0.15, 0.2) is 48.5 Å². The normalized spacial score (nSPS) is 13.0. The highest BCUT2D eigenvalue weighted by Crippen LogP contribution is 2.19. The number of benzene rings is 2. The quantitative estimate of drug-likeness (QED) is 0.822. The van der Waals surface area contributed by atoms with Gasteiger partial charge in [-0.2, -0.15) is 0 Å². The summed E-state index contributed by atoms with van der Waals surface area (Å²) in [5, 5.41) is 2.92. The molecule has 5 nitrogen and oxygen atoms in total. The van der Waals surface area contributed by atoms with E-state index in [0.717, 1.165) is 25.1 Å². The Morgan fingerprint density at radius 1 is 1.04 bits per heavy atom. The van der Waals surface area contributed by atoms with E-state index in [2.05, 4.69) is 24.4 Å². The summed E-state index contributed by atoms with van der Waals surface area (Å²) in [6, 6.07) is 16.0. The second-order valence-corrected chi connectivity index (χ2v) is 7.14. The van der Waals surface area contributed by atoms with Crippen molar-refractivity contribution in [3.8, 4) is 0 Å². The molecule has 0 unspecified atom stereocenters. The molecule has 1 N–H and O–H groups in total. The third-order valence-corrected chi connectivity index (χ3v) is 5.36. The van der Waals surface area contributed by atoms with Crippen molar-refractivity contribution in [2.75, 3.05) is 25.0 Å². The van der Waals surface area contributed by atoms with Gasteiger partial charge in [-0.3, -0.25) is 4.79 Å². The lowest BCUT2D eigenvalue weighted by Crippen LogP contribution is -2.40. The number of hydrogen-bond donors (Lipinski definition) is 1. The van der Waals surface area contributed by atoms with Crippen LogP contribution in [0, 0.1) is 0 Å². The zero-order valence-corrected chi connectivity index (χ0v) is 16.8. The number of fused-ring (bicyclic) bond motifs is 1. The number of aryl methyl sites for hydroxylation is 1. The summed E-state index contributed by atoms with van der Waals surface area (Å²) in [5.74, 6) is 0.105. The van der Waals surface area contributed by atoms with Crippen LogP contribution < -0.4 is 5.32 Å². The standard InChI is InChI=1S/C23H29N3O2/c1-3-18-9-11-21(12-10-18)24-23(28)25(4-2)16-14-22(27)26-15-13-19-7-5-6-8-20(19)17-26/h5-12H,3-4,13-17H2,1-2H3,(H,24,28). The Morgan fingerprint density at radius 3 is 2.43 bits per heavy atom. The summed E-state index contributed by atoms with van der Waals surface area (Å²) in [4.78, 5) is 28.8. The van der Waals surface area contributed by atoms with E-state index in [4.69, 9.17) is 0 Å². The van der Waals surface area contributed by atoms with Gasteiger partial charge >= 0.3 is 6.03 Å².